The Hall–Kier alpha value is -0.550. The minimum absolute atomic E-state index is 0.925. The van der Waals surface area contributed by atoms with Crippen molar-refractivity contribution in [3.05, 3.63) is 29.8 Å². The zero-order valence-electron chi connectivity index (χ0n) is 9.11. The number of alkyl halides is 4. The third kappa shape index (κ3) is 6.40. The van der Waals surface area contributed by atoms with Gasteiger partial charge < -0.3 is 4.74 Å². The molecule has 0 radical (unpaired) electrons. The van der Waals surface area contributed by atoms with Gasteiger partial charge in [-0.25, -0.2) is 0 Å². The maximum absolute atomic E-state index is 10.7. The van der Waals surface area contributed by atoms with Crippen LogP contribution in [0.5, 0.6) is 5.75 Å². The number of halogens is 4. The summed E-state index contributed by atoms with van der Waals surface area (Å²) in [7, 11) is -4.16. The van der Waals surface area contributed by atoms with Gasteiger partial charge in [-0.15, -0.1) is 0 Å². The van der Waals surface area contributed by atoms with Crippen molar-refractivity contribution >= 4 is 32.7 Å². The summed E-state index contributed by atoms with van der Waals surface area (Å²) in [6, 6.07) is 8.11. The van der Waals surface area contributed by atoms with Gasteiger partial charge in [-0.3, -0.25) is 4.55 Å². The van der Waals surface area contributed by atoms with Crippen LogP contribution in [0.2, 0.25) is 0 Å². The smallest absolute Gasteiger partial charge is 0.497 e. The highest BCUT2D eigenvalue weighted by Crippen LogP contribution is 2.20. The number of rotatable bonds is 2. The van der Waals surface area contributed by atoms with Crippen LogP contribution < -0.4 is 4.74 Å². The molecule has 1 N–H and O–H groups in total. The first kappa shape index (κ1) is 17.4. The van der Waals surface area contributed by atoms with Crippen LogP contribution >= 0.6 is 22.6 Å². The monoisotopic (exact) mass is 398 g/mol. The SMILES string of the molecule is COc1ccc(CI)cc1.O=S(=O)(O)C(F)(F)F. The molecule has 0 aromatic heterocycles. The summed E-state index contributed by atoms with van der Waals surface area (Å²) in [5, 5.41) is 0. The minimum atomic E-state index is -5.84. The van der Waals surface area contributed by atoms with E-state index < -0.39 is 15.6 Å². The maximum atomic E-state index is 10.7. The topological polar surface area (TPSA) is 63.6 Å². The van der Waals surface area contributed by atoms with Gasteiger partial charge in [-0.05, 0) is 17.7 Å². The standard InChI is InChI=1S/C8H9IO.CHF3O3S/c1-10-8-4-2-7(6-9)3-5-8;2-1(3,4)8(5,6)7/h2-5H,6H2,1H3;(H,5,6,7). The Kier molecular flexibility index (Phi) is 6.92. The second-order valence-corrected chi connectivity index (χ2v) is 5.08. The van der Waals surface area contributed by atoms with Crippen molar-refractivity contribution in [1.82, 2.24) is 0 Å². The van der Waals surface area contributed by atoms with Gasteiger partial charge in [0, 0.05) is 4.43 Å². The summed E-state index contributed by atoms with van der Waals surface area (Å²) in [5.41, 5.74) is -4.20. The molecule has 1 aromatic carbocycles. The molecular weight excluding hydrogens is 388 g/mol. The van der Waals surface area contributed by atoms with Crippen LogP contribution in [0.3, 0.4) is 0 Å². The van der Waals surface area contributed by atoms with Crippen LogP contribution in [-0.2, 0) is 14.5 Å². The molecule has 0 spiro atoms. The Morgan fingerprint density at radius 1 is 1.28 bits per heavy atom. The molecule has 0 heterocycles. The van der Waals surface area contributed by atoms with E-state index in [0.717, 1.165) is 10.2 Å². The molecule has 0 saturated carbocycles. The van der Waals surface area contributed by atoms with Gasteiger partial charge in [0.15, 0.2) is 0 Å². The Morgan fingerprint density at radius 3 is 1.89 bits per heavy atom. The first-order valence-corrected chi connectivity index (χ1v) is 7.31. The molecule has 0 aliphatic rings. The first-order chi connectivity index (χ1) is 8.11. The Bertz CT molecular complexity index is 433. The summed E-state index contributed by atoms with van der Waals surface area (Å²) >= 11 is 2.34. The largest absolute Gasteiger partial charge is 0.522 e. The molecule has 0 fully saturated rings. The van der Waals surface area contributed by atoms with Gasteiger partial charge in [0.2, 0.25) is 0 Å². The van der Waals surface area contributed by atoms with E-state index in [1.165, 1.54) is 5.56 Å². The summed E-state index contributed by atoms with van der Waals surface area (Å²) in [4.78, 5) is 0. The molecule has 18 heavy (non-hydrogen) atoms. The van der Waals surface area contributed by atoms with Crippen LogP contribution in [0.15, 0.2) is 24.3 Å². The van der Waals surface area contributed by atoms with E-state index in [-0.39, 0.29) is 0 Å². The van der Waals surface area contributed by atoms with E-state index in [1.807, 2.05) is 12.1 Å². The van der Waals surface area contributed by atoms with Crippen LogP contribution in [0.25, 0.3) is 0 Å². The lowest BCUT2D eigenvalue weighted by molar-refractivity contribution is -0.0510. The Balaban J connectivity index is 0.000000331. The summed E-state index contributed by atoms with van der Waals surface area (Å²) in [6.07, 6.45) is 0. The lowest BCUT2D eigenvalue weighted by Gasteiger charge is -1.98. The average molecular weight is 398 g/mol. The molecule has 0 atom stereocenters. The Morgan fingerprint density at radius 2 is 1.67 bits per heavy atom. The lowest BCUT2D eigenvalue weighted by Crippen LogP contribution is -2.21. The fraction of sp³-hybridized carbons (Fsp3) is 0.333. The molecule has 4 nitrogen and oxygen atoms in total. The molecule has 0 amide bonds. The van der Waals surface area contributed by atoms with E-state index >= 15 is 0 Å². The maximum Gasteiger partial charge on any atom is 0.522 e. The molecule has 104 valence electrons. The highest BCUT2D eigenvalue weighted by molar-refractivity contribution is 14.1. The van der Waals surface area contributed by atoms with Gasteiger partial charge in [-0.1, -0.05) is 34.7 Å². The number of hydrogen-bond donors (Lipinski definition) is 1. The van der Waals surface area contributed by atoms with Crippen LogP contribution in [0.4, 0.5) is 13.2 Å². The van der Waals surface area contributed by atoms with Gasteiger partial charge in [0.25, 0.3) is 0 Å². The van der Waals surface area contributed by atoms with Crippen molar-refractivity contribution < 1.29 is 30.9 Å². The summed E-state index contributed by atoms with van der Waals surface area (Å²) < 4.78 is 63.6. The predicted molar refractivity (Wildman–Crippen MR) is 68.3 cm³/mol. The van der Waals surface area contributed by atoms with Crippen molar-refractivity contribution in [1.29, 1.82) is 0 Å². The normalized spacial score (nSPS) is 11.4. The lowest BCUT2D eigenvalue weighted by atomic mass is 10.2. The van der Waals surface area contributed by atoms with E-state index in [4.69, 9.17) is 17.7 Å². The molecule has 1 aromatic rings. The van der Waals surface area contributed by atoms with Crippen molar-refractivity contribution in [2.75, 3.05) is 7.11 Å². The molecule has 0 saturated heterocycles. The third-order valence-corrected chi connectivity index (χ3v) is 3.07. The highest BCUT2D eigenvalue weighted by Gasteiger charge is 2.44. The number of benzene rings is 1. The quantitative estimate of drug-likeness (QED) is 0.360. The second kappa shape index (κ2) is 7.14. The van der Waals surface area contributed by atoms with E-state index in [0.29, 0.717) is 0 Å². The molecule has 0 unspecified atom stereocenters. The molecule has 0 bridgehead atoms. The molecule has 0 aliphatic carbocycles. The number of hydrogen-bond acceptors (Lipinski definition) is 3. The summed E-state index contributed by atoms with van der Waals surface area (Å²) in [6.45, 7) is 0. The zero-order chi connectivity index (χ0) is 14.4. The van der Waals surface area contributed by atoms with Gasteiger partial charge in [-0.2, -0.15) is 21.6 Å². The van der Waals surface area contributed by atoms with Crippen molar-refractivity contribution in [2.45, 2.75) is 9.94 Å². The number of ether oxygens (including phenoxy) is 1. The zero-order valence-corrected chi connectivity index (χ0v) is 12.1. The van der Waals surface area contributed by atoms with Gasteiger partial charge >= 0.3 is 15.6 Å². The Labute approximate surface area is 116 Å². The molecular formula is C9H10F3IO4S. The highest BCUT2D eigenvalue weighted by atomic mass is 127. The van der Waals surface area contributed by atoms with Crippen LogP contribution in [-0.4, -0.2) is 25.6 Å². The van der Waals surface area contributed by atoms with E-state index in [1.54, 1.807) is 7.11 Å². The fourth-order valence-corrected chi connectivity index (χ4v) is 1.22. The summed E-state index contributed by atoms with van der Waals surface area (Å²) in [5.74, 6) is 0.925. The first-order valence-electron chi connectivity index (χ1n) is 4.34. The van der Waals surface area contributed by atoms with Crippen molar-refractivity contribution in [3.8, 4) is 5.75 Å². The van der Waals surface area contributed by atoms with E-state index in [9.17, 15) is 13.2 Å². The second-order valence-electron chi connectivity index (χ2n) is 2.90. The fourth-order valence-electron chi connectivity index (χ4n) is 0.715. The van der Waals surface area contributed by atoms with E-state index in [2.05, 4.69) is 34.7 Å². The van der Waals surface area contributed by atoms with Crippen LogP contribution in [0, 0.1) is 0 Å². The van der Waals surface area contributed by atoms with Crippen molar-refractivity contribution in [2.24, 2.45) is 0 Å². The molecule has 1 rings (SSSR count). The minimum Gasteiger partial charge on any atom is -0.497 e. The molecule has 9 heteroatoms. The van der Waals surface area contributed by atoms with Gasteiger partial charge in [0.1, 0.15) is 5.75 Å². The number of methoxy groups -OCH3 is 1. The van der Waals surface area contributed by atoms with Crippen LogP contribution in [0.1, 0.15) is 5.56 Å². The predicted octanol–water partition coefficient (Wildman–Crippen LogP) is 3.02. The van der Waals surface area contributed by atoms with Gasteiger partial charge in [0.05, 0.1) is 7.11 Å². The van der Waals surface area contributed by atoms with Crippen molar-refractivity contribution in [3.63, 3.8) is 0 Å². The third-order valence-electron chi connectivity index (χ3n) is 1.61. The molecule has 0 aliphatic heterocycles. The average Bonchev–Trinajstić information content (AvgIpc) is 2.27.